The van der Waals surface area contributed by atoms with Crippen molar-refractivity contribution in [3.8, 4) is 0 Å². The molecule has 1 heterocycles. The molecular formula is C12H17ClF3NS. The van der Waals surface area contributed by atoms with E-state index in [1.807, 2.05) is 19.1 Å². The molecule has 1 nitrogen and oxygen atoms in total. The van der Waals surface area contributed by atoms with Gasteiger partial charge in [-0.15, -0.1) is 11.3 Å². The molecule has 1 atom stereocenters. The Morgan fingerprint density at radius 3 is 2.67 bits per heavy atom. The van der Waals surface area contributed by atoms with Crippen molar-refractivity contribution < 1.29 is 13.2 Å². The number of thiophene rings is 1. The highest BCUT2D eigenvalue weighted by Crippen LogP contribution is 2.23. The number of hydrogen-bond donors (Lipinski definition) is 1. The van der Waals surface area contributed by atoms with Crippen molar-refractivity contribution in [1.82, 2.24) is 5.32 Å². The second kappa shape index (κ2) is 7.36. The van der Waals surface area contributed by atoms with Crippen LogP contribution < -0.4 is 5.32 Å². The minimum Gasteiger partial charge on any atom is -0.314 e. The van der Waals surface area contributed by atoms with E-state index < -0.39 is 12.6 Å². The van der Waals surface area contributed by atoms with Crippen LogP contribution in [0, 0.1) is 0 Å². The quantitative estimate of drug-likeness (QED) is 0.772. The standard InChI is InChI=1S/C12H17ClF3NS/c1-9(3-2-7-12(14,15)16)17-8-6-10-4-5-11(13)18-10/h4-5,9,17H,2-3,6-8H2,1H3. The molecule has 0 radical (unpaired) electrons. The Balaban J connectivity index is 2.08. The predicted molar refractivity (Wildman–Crippen MR) is 70.4 cm³/mol. The molecule has 18 heavy (non-hydrogen) atoms. The van der Waals surface area contributed by atoms with Gasteiger partial charge in [-0.25, -0.2) is 0 Å². The number of alkyl halides is 3. The summed E-state index contributed by atoms with van der Waals surface area (Å²) in [5, 5.41) is 3.22. The summed E-state index contributed by atoms with van der Waals surface area (Å²) in [5.41, 5.74) is 0. The van der Waals surface area contributed by atoms with E-state index >= 15 is 0 Å². The van der Waals surface area contributed by atoms with E-state index in [2.05, 4.69) is 5.32 Å². The molecule has 0 saturated carbocycles. The SMILES string of the molecule is CC(CCCC(F)(F)F)NCCc1ccc(Cl)s1. The molecule has 1 aromatic heterocycles. The van der Waals surface area contributed by atoms with E-state index in [9.17, 15) is 13.2 Å². The summed E-state index contributed by atoms with van der Waals surface area (Å²) in [7, 11) is 0. The maximum absolute atomic E-state index is 12.0. The maximum atomic E-state index is 12.0. The van der Waals surface area contributed by atoms with Crippen molar-refractivity contribution >= 4 is 22.9 Å². The summed E-state index contributed by atoms with van der Waals surface area (Å²) in [5.74, 6) is 0. The fourth-order valence-electron chi connectivity index (χ4n) is 1.64. The van der Waals surface area contributed by atoms with Gasteiger partial charge in [0.25, 0.3) is 0 Å². The molecule has 1 rings (SSSR count). The van der Waals surface area contributed by atoms with E-state index in [-0.39, 0.29) is 12.5 Å². The van der Waals surface area contributed by atoms with Crippen molar-refractivity contribution in [3.63, 3.8) is 0 Å². The zero-order chi connectivity index (χ0) is 13.6. The van der Waals surface area contributed by atoms with Crippen molar-refractivity contribution in [3.05, 3.63) is 21.3 Å². The first kappa shape index (κ1) is 15.8. The molecule has 0 fully saturated rings. The summed E-state index contributed by atoms with van der Waals surface area (Å²) in [6.45, 7) is 2.68. The van der Waals surface area contributed by atoms with E-state index in [0.29, 0.717) is 6.42 Å². The van der Waals surface area contributed by atoms with Crippen molar-refractivity contribution in [2.75, 3.05) is 6.54 Å². The minimum atomic E-state index is -4.03. The largest absolute Gasteiger partial charge is 0.389 e. The van der Waals surface area contributed by atoms with E-state index in [1.54, 1.807) is 0 Å². The van der Waals surface area contributed by atoms with Crippen LogP contribution in [0.5, 0.6) is 0 Å². The first-order chi connectivity index (χ1) is 8.37. The zero-order valence-corrected chi connectivity index (χ0v) is 11.8. The highest BCUT2D eigenvalue weighted by atomic mass is 35.5. The number of rotatable bonds is 7. The molecule has 104 valence electrons. The third-order valence-electron chi connectivity index (χ3n) is 2.59. The van der Waals surface area contributed by atoms with Crippen LogP contribution in [-0.4, -0.2) is 18.8 Å². The normalized spacial score (nSPS) is 13.8. The van der Waals surface area contributed by atoms with Crippen LogP contribution >= 0.6 is 22.9 Å². The predicted octanol–water partition coefficient (Wildman–Crippen LogP) is 4.65. The van der Waals surface area contributed by atoms with E-state index in [4.69, 9.17) is 11.6 Å². The Labute approximate surface area is 114 Å². The van der Waals surface area contributed by atoms with Gasteiger partial charge in [0.2, 0.25) is 0 Å². The third-order valence-corrected chi connectivity index (χ3v) is 3.88. The molecular weight excluding hydrogens is 283 g/mol. The van der Waals surface area contributed by atoms with Crippen LogP contribution in [0.1, 0.15) is 31.1 Å². The van der Waals surface area contributed by atoms with Gasteiger partial charge in [0.05, 0.1) is 4.34 Å². The van der Waals surface area contributed by atoms with Gasteiger partial charge in [0.1, 0.15) is 0 Å². The lowest BCUT2D eigenvalue weighted by molar-refractivity contribution is -0.135. The number of hydrogen-bond acceptors (Lipinski definition) is 2. The first-order valence-corrected chi connectivity index (χ1v) is 7.10. The van der Waals surface area contributed by atoms with Crippen LogP contribution in [0.3, 0.4) is 0 Å². The summed E-state index contributed by atoms with van der Waals surface area (Å²) < 4.78 is 36.6. The third kappa shape index (κ3) is 7.24. The van der Waals surface area contributed by atoms with Crippen LogP contribution in [-0.2, 0) is 6.42 Å². The summed E-state index contributed by atoms with van der Waals surface area (Å²) in [6, 6.07) is 3.94. The Morgan fingerprint density at radius 1 is 1.39 bits per heavy atom. The molecule has 1 aromatic rings. The molecule has 1 unspecified atom stereocenters. The van der Waals surface area contributed by atoms with E-state index in [0.717, 1.165) is 17.3 Å². The maximum Gasteiger partial charge on any atom is 0.389 e. The van der Waals surface area contributed by atoms with Gasteiger partial charge in [0, 0.05) is 23.9 Å². The average Bonchev–Trinajstić information content (AvgIpc) is 2.62. The highest BCUT2D eigenvalue weighted by molar-refractivity contribution is 7.16. The second-order valence-corrected chi connectivity index (χ2v) is 6.12. The zero-order valence-electron chi connectivity index (χ0n) is 10.2. The topological polar surface area (TPSA) is 12.0 Å². The van der Waals surface area contributed by atoms with Gasteiger partial charge in [-0.3, -0.25) is 0 Å². The average molecular weight is 300 g/mol. The van der Waals surface area contributed by atoms with Gasteiger partial charge < -0.3 is 5.32 Å². The molecule has 1 N–H and O–H groups in total. The fraction of sp³-hybridized carbons (Fsp3) is 0.667. The number of nitrogens with one attached hydrogen (secondary N) is 1. The smallest absolute Gasteiger partial charge is 0.314 e. The second-order valence-electron chi connectivity index (χ2n) is 4.32. The Hall–Kier alpha value is -0.260. The van der Waals surface area contributed by atoms with Gasteiger partial charge in [-0.1, -0.05) is 11.6 Å². The molecule has 0 aliphatic rings. The molecule has 0 saturated heterocycles. The lowest BCUT2D eigenvalue weighted by Gasteiger charge is -2.14. The summed E-state index contributed by atoms with van der Waals surface area (Å²) in [4.78, 5) is 1.19. The monoisotopic (exact) mass is 299 g/mol. The van der Waals surface area contributed by atoms with Crippen LogP contribution in [0.15, 0.2) is 12.1 Å². The summed E-state index contributed by atoms with van der Waals surface area (Å²) >= 11 is 7.34. The molecule has 0 amide bonds. The van der Waals surface area contributed by atoms with Crippen LogP contribution in [0.4, 0.5) is 13.2 Å². The first-order valence-electron chi connectivity index (χ1n) is 5.91. The molecule has 0 spiro atoms. The lowest BCUT2D eigenvalue weighted by atomic mass is 10.1. The van der Waals surface area contributed by atoms with Crippen molar-refractivity contribution in [1.29, 1.82) is 0 Å². The van der Waals surface area contributed by atoms with Crippen molar-refractivity contribution in [2.24, 2.45) is 0 Å². The molecule has 0 bridgehead atoms. The van der Waals surface area contributed by atoms with Crippen LogP contribution in [0.25, 0.3) is 0 Å². The van der Waals surface area contributed by atoms with Crippen molar-refractivity contribution in [2.45, 2.75) is 44.8 Å². The fourth-order valence-corrected chi connectivity index (χ4v) is 2.73. The van der Waals surface area contributed by atoms with Gasteiger partial charge in [-0.2, -0.15) is 13.2 Å². The molecule has 0 aliphatic heterocycles. The summed E-state index contributed by atoms with van der Waals surface area (Å²) in [6.07, 6.45) is -3.14. The van der Waals surface area contributed by atoms with Gasteiger partial charge in [-0.05, 0) is 38.3 Å². The molecule has 6 heteroatoms. The van der Waals surface area contributed by atoms with Crippen LogP contribution in [0.2, 0.25) is 4.34 Å². The Kier molecular flexibility index (Phi) is 6.46. The minimum absolute atomic E-state index is 0.114. The molecule has 0 aromatic carbocycles. The van der Waals surface area contributed by atoms with E-state index in [1.165, 1.54) is 16.2 Å². The highest BCUT2D eigenvalue weighted by Gasteiger charge is 2.26. The van der Waals surface area contributed by atoms with Gasteiger partial charge in [0.15, 0.2) is 0 Å². The Morgan fingerprint density at radius 2 is 2.11 bits per heavy atom. The van der Waals surface area contributed by atoms with Gasteiger partial charge >= 0.3 is 6.18 Å². The lowest BCUT2D eigenvalue weighted by Crippen LogP contribution is -2.28. The number of halogens is 4. The molecule has 0 aliphatic carbocycles. The Bertz CT molecular complexity index is 351.